The van der Waals surface area contributed by atoms with Crippen molar-refractivity contribution in [2.75, 3.05) is 31.1 Å². The van der Waals surface area contributed by atoms with Crippen molar-refractivity contribution in [3.63, 3.8) is 0 Å². The Hall–Kier alpha value is -1.65. The average molecular weight is 300 g/mol. The molecule has 0 atom stereocenters. The monoisotopic (exact) mass is 300 g/mol. The summed E-state index contributed by atoms with van der Waals surface area (Å²) in [5.74, 6) is 3.39. The molecule has 0 bridgehead atoms. The van der Waals surface area contributed by atoms with Crippen LogP contribution in [0.4, 0.5) is 5.82 Å². The molecule has 2 saturated carbocycles. The van der Waals surface area contributed by atoms with Crippen molar-refractivity contribution in [3.8, 4) is 0 Å². The molecule has 0 aromatic carbocycles. The fraction of sp³-hybridized carbons (Fsp3) is 0.706. The van der Waals surface area contributed by atoms with E-state index in [2.05, 4.69) is 23.7 Å². The van der Waals surface area contributed by atoms with Crippen molar-refractivity contribution in [3.05, 3.63) is 17.1 Å². The summed E-state index contributed by atoms with van der Waals surface area (Å²) in [6, 6.07) is 0. The molecule has 22 heavy (non-hydrogen) atoms. The minimum absolute atomic E-state index is 0.330. The standard InChI is InChI=1S/C17H24N4O/c1-11-12(2)18-15(13-3-4-13)19-16(11)20-7-9-21(10-8-20)17(22)14-5-6-14/h13-14H,3-10H2,1-2H3. The van der Waals surface area contributed by atoms with Crippen LogP contribution < -0.4 is 4.90 Å². The number of anilines is 1. The fourth-order valence-electron chi connectivity index (χ4n) is 3.19. The van der Waals surface area contributed by atoms with E-state index in [1.54, 1.807) is 0 Å². The molecule has 0 radical (unpaired) electrons. The lowest BCUT2D eigenvalue weighted by Crippen LogP contribution is -2.49. The number of aryl methyl sites for hydroxylation is 1. The van der Waals surface area contributed by atoms with Crippen LogP contribution in [0.2, 0.25) is 0 Å². The van der Waals surface area contributed by atoms with Gasteiger partial charge in [-0.25, -0.2) is 9.97 Å². The van der Waals surface area contributed by atoms with Gasteiger partial charge < -0.3 is 9.80 Å². The van der Waals surface area contributed by atoms with Gasteiger partial charge in [-0.3, -0.25) is 4.79 Å². The molecule has 0 unspecified atom stereocenters. The highest BCUT2D eigenvalue weighted by atomic mass is 16.2. The molecule has 3 fully saturated rings. The van der Waals surface area contributed by atoms with Crippen LogP contribution in [0, 0.1) is 19.8 Å². The number of nitrogens with zero attached hydrogens (tertiary/aromatic N) is 4. The normalized spacial score (nSPS) is 22.1. The molecular weight excluding hydrogens is 276 g/mol. The molecule has 2 heterocycles. The van der Waals surface area contributed by atoms with Crippen LogP contribution in [0.25, 0.3) is 0 Å². The molecule has 5 heteroatoms. The first-order valence-electron chi connectivity index (χ1n) is 8.52. The lowest BCUT2D eigenvalue weighted by molar-refractivity contribution is -0.132. The minimum atomic E-state index is 0.330. The zero-order valence-electron chi connectivity index (χ0n) is 13.5. The van der Waals surface area contributed by atoms with Crippen LogP contribution in [-0.2, 0) is 4.79 Å². The summed E-state index contributed by atoms with van der Waals surface area (Å²) in [5.41, 5.74) is 2.29. The molecule has 2 aliphatic carbocycles. The lowest BCUT2D eigenvalue weighted by atomic mass is 10.2. The van der Waals surface area contributed by atoms with E-state index in [9.17, 15) is 4.79 Å². The number of piperazine rings is 1. The second kappa shape index (κ2) is 5.21. The van der Waals surface area contributed by atoms with Gasteiger partial charge in [0.15, 0.2) is 0 Å². The van der Waals surface area contributed by atoms with Gasteiger partial charge in [-0.15, -0.1) is 0 Å². The second-order valence-corrected chi connectivity index (χ2v) is 6.98. The Labute approximate surface area is 131 Å². The molecule has 118 valence electrons. The first-order valence-corrected chi connectivity index (χ1v) is 8.52. The van der Waals surface area contributed by atoms with Crippen molar-refractivity contribution in [2.45, 2.75) is 45.4 Å². The van der Waals surface area contributed by atoms with Gasteiger partial charge in [0, 0.05) is 49.3 Å². The third-order valence-electron chi connectivity index (χ3n) is 5.14. The number of carbonyl (C=O) groups excluding carboxylic acids is 1. The molecule has 1 saturated heterocycles. The zero-order chi connectivity index (χ0) is 15.3. The molecule has 5 nitrogen and oxygen atoms in total. The summed E-state index contributed by atoms with van der Waals surface area (Å²) in [7, 11) is 0. The molecule has 0 N–H and O–H groups in total. The fourth-order valence-corrected chi connectivity index (χ4v) is 3.19. The van der Waals surface area contributed by atoms with Gasteiger partial charge in [0.05, 0.1) is 0 Å². The number of hydrogen-bond acceptors (Lipinski definition) is 4. The van der Waals surface area contributed by atoms with Crippen molar-refractivity contribution in [2.24, 2.45) is 5.92 Å². The predicted molar refractivity (Wildman–Crippen MR) is 85.0 cm³/mol. The van der Waals surface area contributed by atoms with Gasteiger partial charge in [0.1, 0.15) is 11.6 Å². The van der Waals surface area contributed by atoms with Crippen molar-refractivity contribution in [1.29, 1.82) is 0 Å². The molecule has 0 spiro atoms. The maximum atomic E-state index is 12.2. The summed E-state index contributed by atoms with van der Waals surface area (Å²) in [5, 5.41) is 0. The largest absolute Gasteiger partial charge is 0.353 e. The molecule has 1 aliphatic heterocycles. The van der Waals surface area contributed by atoms with Crippen molar-refractivity contribution < 1.29 is 4.79 Å². The van der Waals surface area contributed by atoms with Gasteiger partial charge in [-0.05, 0) is 39.5 Å². The van der Waals surface area contributed by atoms with Gasteiger partial charge in [0.25, 0.3) is 0 Å². The Morgan fingerprint density at radius 3 is 2.27 bits per heavy atom. The third-order valence-corrected chi connectivity index (χ3v) is 5.14. The lowest BCUT2D eigenvalue weighted by Gasteiger charge is -2.36. The first kappa shape index (κ1) is 14.0. The highest BCUT2D eigenvalue weighted by molar-refractivity contribution is 5.81. The topological polar surface area (TPSA) is 49.3 Å². The molecule has 1 amide bonds. The van der Waals surface area contributed by atoms with Gasteiger partial charge in [-0.1, -0.05) is 0 Å². The first-order chi connectivity index (χ1) is 10.6. The maximum Gasteiger partial charge on any atom is 0.225 e. The number of rotatable bonds is 3. The van der Waals surface area contributed by atoms with E-state index in [4.69, 9.17) is 4.98 Å². The number of carbonyl (C=O) groups is 1. The molecule has 4 rings (SSSR count). The summed E-state index contributed by atoms with van der Waals surface area (Å²) in [4.78, 5) is 26.0. The molecular formula is C17H24N4O. The quantitative estimate of drug-likeness (QED) is 0.857. The van der Waals surface area contributed by atoms with Crippen LogP contribution in [0.15, 0.2) is 0 Å². The Balaban J connectivity index is 1.49. The summed E-state index contributed by atoms with van der Waals surface area (Å²) < 4.78 is 0. The number of hydrogen-bond donors (Lipinski definition) is 0. The Morgan fingerprint density at radius 1 is 1.00 bits per heavy atom. The average Bonchev–Trinajstić information content (AvgIpc) is 3.41. The maximum absolute atomic E-state index is 12.2. The summed E-state index contributed by atoms with van der Waals surface area (Å²) in [6.45, 7) is 7.63. The molecule has 1 aromatic rings. The van der Waals surface area contributed by atoms with E-state index < -0.39 is 0 Å². The van der Waals surface area contributed by atoms with E-state index in [0.717, 1.165) is 56.4 Å². The van der Waals surface area contributed by atoms with E-state index in [1.165, 1.54) is 18.4 Å². The SMILES string of the molecule is Cc1nc(C2CC2)nc(N2CCN(C(=O)C3CC3)CC2)c1C. The van der Waals surface area contributed by atoms with E-state index >= 15 is 0 Å². The Kier molecular flexibility index (Phi) is 3.31. The summed E-state index contributed by atoms with van der Waals surface area (Å²) >= 11 is 0. The van der Waals surface area contributed by atoms with E-state index in [1.807, 2.05) is 4.90 Å². The minimum Gasteiger partial charge on any atom is -0.353 e. The molecule has 1 aromatic heterocycles. The van der Waals surface area contributed by atoms with Gasteiger partial charge in [-0.2, -0.15) is 0 Å². The summed E-state index contributed by atoms with van der Waals surface area (Å²) in [6.07, 6.45) is 4.64. The highest BCUT2D eigenvalue weighted by Gasteiger charge is 2.35. The number of amides is 1. The Bertz CT molecular complexity index is 599. The van der Waals surface area contributed by atoms with Gasteiger partial charge >= 0.3 is 0 Å². The van der Waals surface area contributed by atoms with Crippen molar-refractivity contribution in [1.82, 2.24) is 14.9 Å². The van der Waals surface area contributed by atoms with Crippen LogP contribution >= 0.6 is 0 Å². The Morgan fingerprint density at radius 2 is 1.68 bits per heavy atom. The van der Waals surface area contributed by atoms with E-state index in [-0.39, 0.29) is 0 Å². The van der Waals surface area contributed by atoms with Gasteiger partial charge in [0.2, 0.25) is 5.91 Å². The second-order valence-electron chi connectivity index (χ2n) is 6.98. The predicted octanol–water partition coefficient (Wildman–Crippen LogP) is 2.03. The third kappa shape index (κ3) is 2.57. The highest BCUT2D eigenvalue weighted by Crippen LogP contribution is 2.39. The van der Waals surface area contributed by atoms with Crippen LogP contribution in [-0.4, -0.2) is 47.0 Å². The van der Waals surface area contributed by atoms with Crippen LogP contribution in [0.5, 0.6) is 0 Å². The number of aromatic nitrogens is 2. The smallest absolute Gasteiger partial charge is 0.225 e. The van der Waals surface area contributed by atoms with Crippen LogP contribution in [0.3, 0.4) is 0 Å². The van der Waals surface area contributed by atoms with E-state index in [0.29, 0.717) is 17.7 Å². The molecule has 3 aliphatic rings. The zero-order valence-corrected chi connectivity index (χ0v) is 13.5. The van der Waals surface area contributed by atoms with Crippen LogP contribution in [0.1, 0.15) is 48.7 Å². The van der Waals surface area contributed by atoms with Crippen molar-refractivity contribution >= 4 is 11.7 Å².